The number of hydrogen-bond donors (Lipinski definition) is 0. The Bertz CT molecular complexity index is 1090. The van der Waals surface area contributed by atoms with Crippen LogP contribution >= 0.6 is 0 Å². The van der Waals surface area contributed by atoms with Crippen molar-refractivity contribution in [3.8, 4) is 5.75 Å². The number of aromatic nitrogens is 2. The molecule has 2 aromatic carbocycles. The van der Waals surface area contributed by atoms with Crippen LogP contribution in [0.5, 0.6) is 5.75 Å². The van der Waals surface area contributed by atoms with Crippen molar-refractivity contribution in [2.24, 2.45) is 5.10 Å². The summed E-state index contributed by atoms with van der Waals surface area (Å²) in [5, 5.41) is 5.16. The highest BCUT2D eigenvalue weighted by atomic mass is 16.5. The van der Waals surface area contributed by atoms with Crippen molar-refractivity contribution in [1.82, 2.24) is 9.66 Å². The van der Waals surface area contributed by atoms with Crippen LogP contribution in [0.4, 0.5) is 0 Å². The summed E-state index contributed by atoms with van der Waals surface area (Å²) in [6, 6.07) is 15.1. The maximum atomic E-state index is 13.2. The summed E-state index contributed by atoms with van der Waals surface area (Å²) in [4.78, 5) is 18.1. The average Bonchev–Trinajstić information content (AvgIpc) is 2.78. The summed E-state index contributed by atoms with van der Waals surface area (Å²) in [5.41, 5.74) is 1.42. The zero-order valence-electron chi connectivity index (χ0n) is 16.5. The lowest BCUT2D eigenvalue weighted by Crippen LogP contribution is -2.25. The summed E-state index contributed by atoms with van der Waals surface area (Å²) in [7, 11) is 0. The molecule has 1 aliphatic rings. The number of nitrogens with zero attached hydrogens (tertiary/aromatic N) is 3. The smallest absolute Gasteiger partial charge is 0.282 e. The van der Waals surface area contributed by atoms with E-state index in [4.69, 9.17) is 9.72 Å². The number of rotatable bonds is 6. The van der Waals surface area contributed by atoms with Gasteiger partial charge in [0.2, 0.25) is 0 Å². The first-order valence-corrected chi connectivity index (χ1v) is 10.2. The van der Waals surface area contributed by atoms with Gasteiger partial charge in [0.25, 0.3) is 5.56 Å². The van der Waals surface area contributed by atoms with E-state index in [9.17, 15) is 4.79 Å². The molecular formula is C24H25N3O2. The van der Waals surface area contributed by atoms with Crippen molar-refractivity contribution in [2.75, 3.05) is 6.61 Å². The first kappa shape index (κ1) is 19.1. The predicted octanol–water partition coefficient (Wildman–Crippen LogP) is 4.89. The summed E-state index contributed by atoms with van der Waals surface area (Å²) >= 11 is 0. The van der Waals surface area contributed by atoms with E-state index in [0.717, 1.165) is 42.6 Å². The molecule has 0 amide bonds. The average molecular weight is 387 g/mol. The Balaban J connectivity index is 1.80. The SMILES string of the molecule is C=CCOc1ccccc1C=Nn1c(C2CCCCC2)nc2ccccc2c1=O. The molecule has 0 aliphatic heterocycles. The van der Waals surface area contributed by atoms with E-state index in [1.165, 1.54) is 11.1 Å². The van der Waals surface area contributed by atoms with Gasteiger partial charge in [-0.15, -0.1) is 0 Å². The lowest BCUT2D eigenvalue weighted by atomic mass is 9.88. The van der Waals surface area contributed by atoms with E-state index >= 15 is 0 Å². The van der Waals surface area contributed by atoms with Crippen molar-refractivity contribution in [1.29, 1.82) is 0 Å². The van der Waals surface area contributed by atoms with Crippen molar-refractivity contribution >= 4 is 17.1 Å². The number of fused-ring (bicyclic) bond motifs is 1. The minimum absolute atomic E-state index is 0.128. The van der Waals surface area contributed by atoms with Crippen LogP contribution in [0.2, 0.25) is 0 Å². The molecule has 1 saturated carbocycles. The van der Waals surface area contributed by atoms with Crippen LogP contribution in [-0.2, 0) is 0 Å². The fourth-order valence-electron chi connectivity index (χ4n) is 3.86. The van der Waals surface area contributed by atoms with Crippen LogP contribution in [0.15, 0.2) is 71.1 Å². The van der Waals surface area contributed by atoms with Gasteiger partial charge in [0.05, 0.1) is 17.1 Å². The summed E-state index contributed by atoms with van der Waals surface area (Å²) in [5.74, 6) is 1.72. The summed E-state index contributed by atoms with van der Waals surface area (Å²) in [6.45, 7) is 4.10. The van der Waals surface area contributed by atoms with Gasteiger partial charge in [-0.25, -0.2) is 4.98 Å². The van der Waals surface area contributed by atoms with E-state index in [1.807, 2.05) is 48.5 Å². The van der Waals surface area contributed by atoms with Crippen molar-refractivity contribution in [2.45, 2.75) is 38.0 Å². The lowest BCUT2D eigenvalue weighted by molar-refractivity contribution is 0.362. The van der Waals surface area contributed by atoms with Gasteiger partial charge in [0.15, 0.2) is 0 Å². The highest BCUT2D eigenvalue weighted by Gasteiger charge is 2.22. The standard InChI is InChI=1S/C24H25N3O2/c1-2-16-29-22-15-9-6-12-19(22)17-25-27-23(18-10-4-3-5-11-18)26-21-14-8-7-13-20(21)24(27)28/h2,6-9,12-15,17-18H,1,3-5,10-11,16H2. The maximum absolute atomic E-state index is 13.2. The summed E-state index contributed by atoms with van der Waals surface area (Å²) in [6.07, 6.45) is 9.03. The first-order chi connectivity index (χ1) is 14.3. The molecule has 1 heterocycles. The molecule has 0 atom stereocenters. The Kier molecular flexibility index (Phi) is 5.84. The maximum Gasteiger partial charge on any atom is 0.282 e. The molecule has 5 heteroatoms. The quantitative estimate of drug-likeness (QED) is 0.447. The molecule has 5 nitrogen and oxygen atoms in total. The van der Waals surface area contributed by atoms with Gasteiger partial charge in [0, 0.05) is 11.5 Å². The number of benzene rings is 2. The Morgan fingerprint density at radius 3 is 2.69 bits per heavy atom. The van der Waals surface area contributed by atoms with Gasteiger partial charge in [-0.05, 0) is 37.1 Å². The van der Waals surface area contributed by atoms with E-state index in [2.05, 4.69) is 11.7 Å². The topological polar surface area (TPSA) is 56.5 Å². The Morgan fingerprint density at radius 2 is 1.86 bits per heavy atom. The van der Waals surface area contributed by atoms with Gasteiger partial charge in [0.1, 0.15) is 18.2 Å². The van der Waals surface area contributed by atoms with Gasteiger partial charge in [-0.2, -0.15) is 9.78 Å². The number of para-hydroxylation sites is 2. The van der Waals surface area contributed by atoms with Crippen LogP contribution in [0.3, 0.4) is 0 Å². The van der Waals surface area contributed by atoms with Crippen LogP contribution in [0, 0.1) is 0 Å². The van der Waals surface area contributed by atoms with Crippen LogP contribution in [-0.4, -0.2) is 22.5 Å². The fraction of sp³-hybridized carbons (Fsp3) is 0.292. The molecule has 1 aromatic heterocycles. The van der Waals surface area contributed by atoms with Crippen molar-refractivity contribution < 1.29 is 4.74 Å². The Morgan fingerprint density at radius 1 is 1.10 bits per heavy atom. The Hall–Kier alpha value is -3.21. The molecule has 1 aliphatic carbocycles. The molecule has 29 heavy (non-hydrogen) atoms. The molecule has 0 unspecified atom stereocenters. The normalized spacial score (nSPS) is 15.0. The van der Waals surface area contributed by atoms with E-state index < -0.39 is 0 Å². The molecule has 0 saturated heterocycles. The molecule has 0 N–H and O–H groups in total. The third kappa shape index (κ3) is 4.14. The third-order valence-electron chi connectivity index (χ3n) is 5.34. The lowest BCUT2D eigenvalue weighted by Gasteiger charge is -2.22. The molecule has 3 aromatic rings. The van der Waals surface area contributed by atoms with E-state index in [1.54, 1.807) is 12.3 Å². The van der Waals surface area contributed by atoms with Crippen molar-refractivity contribution in [3.05, 3.63) is 82.9 Å². The minimum atomic E-state index is -0.128. The van der Waals surface area contributed by atoms with Gasteiger partial charge in [-0.3, -0.25) is 4.79 Å². The molecule has 0 bridgehead atoms. The molecular weight excluding hydrogens is 362 g/mol. The molecule has 0 radical (unpaired) electrons. The fourth-order valence-corrected chi connectivity index (χ4v) is 3.86. The molecule has 148 valence electrons. The van der Waals surface area contributed by atoms with Gasteiger partial charge in [-0.1, -0.05) is 56.2 Å². The molecule has 0 spiro atoms. The second kappa shape index (κ2) is 8.86. The van der Waals surface area contributed by atoms with E-state index in [0.29, 0.717) is 17.7 Å². The first-order valence-electron chi connectivity index (χ1n) is 10.2. The van der Waals surface area contributed by atoms with Crippen LogP contribution in [0.1, 0.15) is 49.4 Å². The monoisotopic (exact) mass is 387 g/mol. The van der Waals surface area contributed by atoms with Crippen molar-refractivity contribution in [3.63, 3.8) is 0 Å². The number of hydrogen-bond acceptors (Lipinski definition) is 4. The second-order valence-electron chi connectivity index (χ2n) is 7.32. The molecule has 4 rings (SSSR count). The van der Waals surface area contributed by atoms with Gasteiger partial charge < -0.3 is 4.74 Å². The largest absolute Gasteiger partial charge is 0.489 e. The Labute approximate surface area is 170 Å². The van der Waals surface area contributed by atoms with Crippen LogP contribution in [0.25, 0.3) is 10.9 Å². The number of ether oxygens (including phenoxy) is 1. The van der Waals surface area contributed by atoms with Gasteiger partial charge >= 0.3 is 0 Å². The zero-order valence-corrected chi connectivity index (χ0v) is 16.5. The highest BCUT2D eigenvalue weighted by Crippen LogP contribution is 2.31. The minimum Gasteiger partial charge on any atom is -0.489 e. The highest BCUT2D eigenvalue weighted by molar-refractivity contribution is 5.83. The summed E-state index contributed by atoms with van der Waals surface area (Å²) < 4.78 is 7.20. The second-order valence-corrected chi connectivity index (χ2v) is 7.32. The third-order valence-corrected chi connectivity index (χ3v) is 5.34. The zero-order chi connectivity index (χ0) is 20.1. The van der Waals surface area contributed by atoms with Crippen LogP contribution < -0.4 is 10.3 Å². The predicted molar refractivity (Wildman–Crippen MR) is 117 cm³/mol. The molecule has 1 fully saturated rings. The van der Waals surface area contributed by atoms with E-state index in [-0.39, 0.29) is 11.5 Å².